The van der Waals surface area contributed by atoms with E-state index >= 15 is 0 Å². The molecule has 2 aromatic heterocycles. The van der Waals surface area contributed by atoms with E-state index in [1.54, 1.807) is 4.57 Å². The standard InChI is InChI=1S/C10H12ClN5O3/c11-8(18)7-4(17)1-5(19-7)16-3-15-6-9(12)13-2-14-10(6)16/h2-5,7-8,17-18H,1H2,(H2,12,13,14)/t4-,5+,7-,8?/m0/s1. The Morgan fingerprint density at radius 2 is 2.26 bits per heavy atom. The fourth-order valence-electron chi connectivity index (χ4n) is 2.18. The van der Waals surface area contributed by atoms with E-state index in [9.17, 15) is 10.2 Å². The van der Waals surface area contributed by atoms with Gasteiger partial charge in [0.15, 0.2) is 17.0 Å². The fraction of sp³-hybridized carbons (Fsp3) is 0.500. The Balaban J connectivity index is 1.96. The van der Waals surface area contributed by atoms with Crippen molar-refractivity contribution in [1.29, 1.82) is 0 Å². The summed E-state index contributed by atoms with van der Waals surface area (Å²) in [5.74, 6) is 0.274. The van der Waals surface area contributed by atoms with Crippen molar-refractivity contribution < 1.29 is 14.9 Å². The number of aromatic nitrogens is 4. The van der Waals surface area contributed by atoms with Gasteiger partial charge in [0.1, 0.15) is 24.2 Å². The van der Waals surface area contributed by atoms with Crippen LogP contribution >= 0.6 is 11.6 Å². The number of nitrogens with zero attached hydrogens (tertiary/aromatic N) is 4. The molecule has 1 aliphatic rings. The highest BCUT2D eigenvalue weighted by atomic mass is 35.5. The SMILES string of the molecule is Nc1ncnc2c1ncn2[C@H]1C[C@H](O)[C@@H](C(O)Cl)O1. The quantitative estimate of drug-likeness (QED) is 0.643. The first kappa shape index (κ1) is 12.5. The average molecular weight is 286 g/mol. The van der Waals surface area contributed by atoms with Gasteiger partial charge in [-0.25, -0.2) is 15.0 Å². The fourth-order valence-corrected chi connectivity index (χ4v) is 2.40. The van der Waals surface area contributed by atoms with E-state index in [2.05, 4.69) is 15.0 Å². The van der Waals surface area contributed by atoms with Gasteiger partial charge in [0.05, 0.1) is 12.4 Å². The summed E-state index contributed by atoms with van der Waals surface area (Å²) in [5.41, 5.74) is 5.40. The number of fused-ring (bicyclic) bond motifs is 1. The Bertz CT molecular complexity index is 604. The summed E-state index contributed by atoms with van der Waals surface area (Å²) in [4.78, 5) is 12.1. The molecular weight excluding hydrogens is 274 g/mol. The summed E-state index contributed by atoms with van der Waals surface area (Å²) in [6.45, 7) is 0. The van der Waals surface area contributed by atoms with E-state index in [0.29, 0.717) is 11.2 Å². The summed E-state index contributed by atoms with van der Waals surface area (Å²) >= 11 is 5.55. The minimum Gasteiger partial charge on any atom is -0.390 e. The van der Waals surface area contributed by atoms with Crippen molar-refractivity contribution in [3.05, 3.63) is 12.7 Å². The number of aliphatic hydroxyl groups excluding tert-OH is 2. The number of nitrogen functional groups attached to an aromatic ring is 1. The molecule has 4 atom stereocenters. The van der Waals surface area contributed by atoms with Gasteiger partial charge < -0.3 is 20.7 Å². The maximum atomic E-state index is 9.79. The molecule has 2 aromatic rings. The van der Waals surface area contributed by atoms with E-state index in [-0.39, 0.29) is 12.2 Å². The minimum absolute atomic E-state index is 0.274. The van der Waals surface area contributed by atoms with Crippen molar-refractivity contribution in [2.75, 3.05) is 5.73 Å². The third-order valence-electron chi connectivity index (χ3n) is 3.11. The van der Waals surface area contributed by atoms with Gasteiger partial charge in [-0.1, -0.05) is 11.6 Å². The molecule has 19 heavy (non-hydrogen) atoms. The van der Waals surface area contributed by atoms with Crippen LogP contribution in [0.1, 0.15) is 12.6 Å². The summed E-state index contributed by atoms with van der Waals surface area (Å²) in [7, 11) is 0. The number of alkyl halides is 1. The summed E-state index contributed by atoms with van der Waals surface area (Å²) in [6, 6.07) is 0. The van der Waals surface area contributed by atoms with Crippen LogP contribution in [0.25, 0.3) is 11.2 Å². The molecule has 0 aromatic carbocycles. The molecule has 4 N–H and O–H groups in total. The predicted molar refractivity (Wildman–Crippen MR) is 66.1 cm³/mol. The van der Waals surface area contributed by atoms with Crippen molar-refractivity contribution in [3.63, 3.8) is 0 Å². The van der Waals surface area contributed by atoms with Gasteiger partial charge in [-0.3, -0.25) is 4.57 Å². The Morgan fingerprint density at radius 1 is 1.47 bits per heavy atom. The van der Waals surface area contributed by atoms with Crippen LogP contribution in [0.15, 0.2) is 12.7 Å². The zero-order chi connectivity index (χ0) is 13.6. The number of hydrogen-bond donors (Lipinski definition) is 3. The molecule has 0 radical (unpaired) electrons. The number of halogens is 1. The maximum Gasteiger partial charge on any atom is 0.167 e. The van der Waals surface area contributed by atoms with Gasteiger partial charge in [-0.15, -0.1) is 0 Å². The summed E-state index contributed by atoms with van der Waals surface area (Å²) < 4.78 is 7.15. The second kappa shape index (κ2) is 4.57. The van der Waals surface area contributed by atoms with Crippen molar-refractivity contribution in [2.24, 2.45) is 0 Å². The van der Waals surface area contributed by atoms with Crippen LogP contribution in [0.3, 0.4) is 0 Å². The number of hydrogen-bond acceptors (Lipinski definition) is 7. The first-order chi connectivity index (χ1) is 9.08. The third-order valence-corrected chi connectivity index (χ3v) is 3.35. The molecule has 1 unspecified atom stereocenters. The molecule has 1 saturated heterocycles. The van der Waals surface area contributed by atoms with Crippen molar-refractivity contribution in [2.45, 2.75) is 30.4 Å². The van der Waals surface area contributed by atoms with Gasteiger partial charge in [-0.2, -0.15) is 0 Å². The minimum atomic E-state index is -1.27. The molecule has 0 spiro atoms. The van der Waals surface area contributed by atoms with Crippen LogP contribution in [0.4, 0.5) is 5.82 Å². The highest BCUT2D eigenvalue weighted by Crippen LogP contribution is 2.33. The lowest BCUT2D eigenvalue weighted by Crippen LogP contribution is -2.30. The first-order valence-electron chi connectivity index (χ1n) is 5.66. The summed E-state index contributed by atoms with van der Waals surface area (Å²) in [5, 5.41) is 19.1. The molecule has 3 rings (SSSR count). The number of nitrogens with two attached hydrogens (primary N) is 1. The van der Waals surface area contributed by atoms with Crippen LogP contribution in [-0.2, 0) is 4.74 Å². The molecule has 0 aliphatic carbocycles. The highest BCUT2D eigenvalue weighted by Gasteiger charge is 2.39. The largest absolute Gasteiger partial charge is 0.390 e. The second-order valence-electron chi connectivity index (χ2n) is 4.31. The highest BCUT2D eigenvalue weighted by molar-refractivity contribution is 6.19. The van der Waals surface area contributed by atoms with Crippen LogP contribution < -0.4 is 5.73 Å². The molecule has 3 heterocycles. The monoisotopic (exact) mass is 285 g/mol. The van der Waals surface area contributed by atoms with Gasteiger partial charge in [0.25, 0.3) is 0 Å². The van der Waals surface area contributed by atoms with Gasteiger partial charge in [0.2, 0.25) is 0 Å². The molecular formula is C10H12ClN5O3. The van der Waals surface area contributed by atoms with Gasteiger partial charge in [-0.05, 0) is 0 Å². The molecule has 1 aliphatic heterocycles. The molecule has 0 saturated carbocycles. The average Bonchev–Trinajstić information content (AvgIpc) is 2.93. The van der Waals surface area contributed by atoms with E-state index in [0.717, 1.165) is 0 Å². The Kier molecular flexibility index (Phi) is 3.02. The molecule has 0 amide bonds. The number of anilines is 1. The van der Waals surface area contributed by atoms with Crippen LogP contribution in [0.5, 0.6) is 0 Å². The zero-order valence-electron chi connectivity index (χ0n) is 9.72. The lowest BCUT2D eigenvalue weighted by atomic mass is 10.2. The molecule has 8 nitrogen and oxygen atoms in total. The lowest BCUT2D eigenvalue weighted by molar-refractivity contribution is -0.0561. The molecule has 102 valence electrons. The van der Waals surface area contributed by atoms with Gasteiger partial charge in [0, 0.05) is 6.42 Å². The third kappa shape index (κ3) is 2.02. The Labute approximate surface area is 112 Å². The molecule has 1 fully saturated rings. The molecule has 0 bridgehead atoms. The molecule has 9 heteroatoms. The number of ether oxygens (including phenoxy) is 1. The Morgan fingerprint density at radius 3 is 2.95 bits per heavy atom. The number of imidazole rings is 1. The van der Waals surface area contributed by atoms with E-state index in [4.69, 9.17) is 22.1 Å². The lowest BCUT2D eigenvalue weighted by Gasteiger charge is -2.16. The smallest absolute Gasteiger partial charge is 0.167 e. The normalized spacial score (nSPS) is 28.9. The van der Waals surface area contributed by atoms with Crippen LogP contribution in [0.2, 0.25) is 0 Å². The van der Waals surface area contributed by atoms with Crippen molar-refractivity contribution in [3.8, 4) is 0 Å². The number of aliphatic hydroxyl groups is 2. The predicted octanol–water partition coefficient (Wildman–Crippen LogP) is -0.386. The second-order valence-corrected chi connectivity index (χ2v) is 4.76. The van der Waals surface area contributed by atoms with Gasteiger partial charge >= 0.3 is 0 Å². The van der Waals surface area contributed by atoms with Crippen LogP contribution in [0, 0.1) is 0 Å². The zero-order valence-corrected chi connectivity index (χ0v) is 10.5. The van der Waals surface area contributed by atoms with Crippen LogP contribution in [-0.4, -0.2) is 47.5 Å². The maximum absolute atomic E-state index is 9.79. The Hall–Kier alpha value is -1.48. The summed E-state index contributed by atoms with van der Waals surface area (Å²) in [6.07, 6.45) is 0.916. The topological polar surface area (TPSA) is 119 Å². The van der Waals surface area contributed by atoms with E-state index in [1.807, 2.05) is 0 Å². The van der Waals surface area contributed by atoms with E-state index < -0.39 is 24.0 Å². The number of rotatable bonds is 2. The van der Waals surface area contributed by atoms with Crippen molar-refractivity contribution >= 4 is 28.6 Å². The first-order valence-corrected chi connectivity index (χ1v) is 6.10. The van der Waals surface area contributed by atoms with E-state index in [1.165, 1.54) is 12.7 Å². The van der Waals surface area contributed by atoms with Crippen molar-refractivity contribution in [1.82, 2.24) is 19.5 Å².